The first kappa shape index (κ1) is 22.6. The van der Waals surface area contributed by atoms with E-state index in [4.69, 9.17) is 4.84 Å². The van der Waals surface area contributed by atoms with E-state index in [2.05, 4.69) is 22.7 Å². The minimum Gasteiger partial charge on any atom is -0.341 e. The van der Waals surface area contributed by atoms with Gasteiger partial charge in [-0.05, 0) is 65.6 Å². The summed E-state index contributed by atoms with van der Waals surface area (Å²) in [4.78, 5) is 41.5. The fraction of sp³-hybridized carbons (Fsp3) is 0.160. The second kappa shape index (κ2) is 9.78. The molecule has 164 valence electrons. The van der Waals surface area contributed by atoms with E-state index in [1.54, 1.807) is 25.1 Å². The number of fused-ring (bicyclic) bond motifs is 1. The smallest absolute Gasteiger partial charge is 0.331 e. The van der Waals surface area contributed by atoms with E-state index in [-0.39, 0.29) is 17.7 Å². The lowest BCUT2D eigenvalue weighted by Gasteiger charge is -2.15. The van der Waals surface area contributed by atoms with E-state index >= 15 is 0 Å². The normalized spacial score (nSPS) is 10.3. The summed E-state index contributed by atoms with van der Waals surface area (Å²) in [6, 6.07) is 13.9. The van der Waals surface area contributed by atoms with Gasteiger partial charge in [0, 0.05) is 12.1 Å². The average Bonchev–Trinajstić information content (AvgIpc) is 2.76. The van der Waals surface area contributed by atoms with Gasteiger partial charge in [0.1, 0.15) is 0 Å². The van der Waals surface area contributed by atoms with E-state index in [0.29, 0.717) is 5.69 Å². The number of aryl methyl sites for hydroxylation is 2. The summed E-state index contributed by atoms with van der Waals surface area (Å²) in [5.41, 5.74) is 6.19. The zero-order valence-electron chi connectivity index (χ0n) is 18.2. The van der Waals surface area contributed by atoms with Crippen molar-refractivity contribution < 1.29 is 19.2 Å². The fourth-order valence-corrected chi connectivity index (χ4v) is 3.42. The molecule has 0 fully saturated rings. The van der Waals surface area contributed by atoms with Crippen molar-refractivity contribution in [1.29, 1.82) is 0 Å². The van der Waals surface area contributed by atoms with Gasteiger partial charge in [-0.3, -0.25) is 4.79 Å². The number of carbonyl (C=O) groups is 3. The van der Waals surface area contributed by atoms with Crippen molar-refractivity contribution in [3.05, 3.63) is 77.4 Å². The quantitative estimate of drug-likeness (QED) is 0.475. The van der Waals surface area contributed by atoms with Gasteiger partial charge in [0.25, 0.3) is 5.91 Å². The average molecular weight is 431 g/mol. The van der Waals surface area contributed by atoms with Gasteiger partial charge in [0.15, 0.2) is 0 Å². The number of anilines is 2. The van der Waals surface area contributed by atoms with Crippen molar-refractivity contribution >= 4 is 46.1 Å². The molecule has 0 aliphatic carbocycles. The summed E-state index contributed by atoms with van der Waals surface area (Å²) < 4.78 is 0. The summed E-state index contributed by atoms with van der Waals surface area (Å²) >= 11 is 0. The third-order valence-corrected chi connectivity index (χ3v) is 4.98. The second-order valence-electron chi connectivity index (χ2n) is 7.31. The summed E-state index contributed by atoms with van der Waals surface area (Å²) in [6.45, 7) is 9.31. The summed E-state index contributed by atoms with van der Waals surface area (Å²) in [7, 11) is 0. The Morgan fingerprint density at radius 3 is 2.19 bits per heavy atom. The van der Waals surface area contributed by atoms with Crippen molar-refractivity contribution in [2.24, 2.45) is 0 Å². The molecule has 0 unspecified atom stereocenters. The molecule has 3 aromatic carbocycles. The van der Waals surface area contributed by atoms with Crippen LogP contribution in [0.5, 0.6) is 0 Å². The Balaban J connectivity index is 1.88. The van der Waals surface area contributed by atoms with Crippen LogP contribution in [0.4, 0.5) is 16.2 Å². The third kappa shape index (κ3) is 5.13. The number of hydroxylamine groups is 1. The molecule has 3 rings (SSSR count). The molecule has 0 heterocycles. The van der Waals surface area contributed by atoms with Crippen LogP contribution in [0, 0.1) is 13.8 Å². The van der Waals surface area contributed by atoms with Gasteiger partial charge < -0.3 is 15.5 Å². The highest BCUT2D eigenvalue weighted by Gasteiger charge is 2.17. The Hall–Kier alpha value is -4.13. The van der Waals surface area contributed by atoms with Gasteiger partial charge in [-0.1, -0.05) is 43.8 Å². The van der Waals surface area contributed by atoms with Crippen molar-refractivity contribution in [2.45, 2.75) is 27.2 Å². The molecule has 0 atom stereocenters. The highest BCUT2D eigenvalue weighted by Crippen LogP contribution is 2.25. The maximum Gasteiger partial charge on any atom is 0.331 e. The van der Waals surface area contributed by atoms with E-state index < -0.39 is 17.9 Å². The SMILES string of the molecule is C=Cc1c(C)cc(NC(=O)Nc2cc3ccccc3cc2C(=O)NOC(=O)CC)cc1C. The van der Waals surface area contributed by atoms with Crippen molar-refractivity contribution in [1.82, 2.24) is 5.48 Å². The van der Waals surface area contributed by atoms with Gasteiger partial charge in [0.2, 0.25) is 0 Å². The highest BCUT2D eigenvalue weighted by molar-refractivity contribution is 6.09. The first-order valence-electron chi connectivity index (χ1n) is 10.2. The predicted octanol–water partition coefficient (Wildman–Crippen LogP) is 5.34. The van der Waals surface area contributed by atoms with Crippen molar-refractivity contribution in [3.8, 4) is 0 Å². The number of amides is 3. The number of hydrogen-bond acceptors (Lipinski definition) is 4. The number of rotatable bonds is 5. The third-order valence-electron chi connectivity index (χ3n) is 4.98. The lowest BCUT2D eigenvalue weighted by atomic mass is 10.0. The van der Waals surface area contributed by atoms with Crippen molar-refractivity contribution in [3.63, 3.8) is 0 Å². The van der Waals surface area contributed by atoms with E-state index in [1.807, 2.05) is 50.2 Å². The van der Waals surface area contributed by atoms with Gasteiger partial charge in [-0.25, -0.2) is 9.59 Å². The molecule has 0 aliphatic heterocycles. The molecular weight excluding hydrogens is 406 g/mol. The molecule has 3 aromatic rings. The van der Waals surface area contributed by atoms with E-state index in [1.165, 1.54) is 0 Å². The molecule has 0 aromatic heterocycles. The first-order valence-corrected chi connectivity index (χ1v) is 10.2. The van der Waals surface area contributed by atoms with Crippen LogP contribution in [-0.2, 0) is 9.63 Å². The molecule has 0 bridgehead atoms. The molecule has 0 saturated carbocycles. The second-order valence-corrected chi connectivity index (χ2v) is 7.31. The minimum atomic E-state index is -0.644. The zero-order valence-corrected chi connectivity index (χ0v) is 18.2. The van der Waals surface area contributed by atoms with E-state index in [9.17, 15) is 14.4 Å². The van der Waals surface area contributed by atoms with Gasteiger partial charge in [-0.2, -0.15) is 5.48 Å². The van der Waals surface area contributed by atoms with Crippen LogP contribution >= 0.6 is 0 Å². The molecule has 7 nitrogen and oxygen atoms in total. The minimum absolute atomic E-state index is 0.120. The molecule has 0 saturated heterocycles. The largest absolute Gasteiger partial charge is 0.341 e. The van der Waals surface area contributed by atoms with Crippen LogP contribution in [0.25, 0.3) is 16.8 Å². The lowest BCUT2D eigenvalue weighted by molar-refractivity contribution is -0.148. The molecule has 32 heavy (non-hydrogen) atoms. The molecule has 3 amide bonds. The predicted molar refractivity (Wildman–Crippen MR) is 126 cm³/mol. The lowest BCUT2D eigenvalue weighted by Crippen LogP contribution is -2.28. The summed E-state index contributed by atoms with van der Waals surface area (Å²) in [5.74, 6) is -1.21. The van der Waals surface area contributed by atoms with Crippen LogP contribution in [0.3, 0.4) is 0 Å². The van der Waals surface area contributed by atoms with Crippen LogP contribution < -0.4 is 16.1 Å². The van der Waals surface area contributed by atoms with Gasteiger partial charge in [0.05, 0.1) is 11.3 Å². The van der Waals surface area contributed by atoms with Crippen LogP contribution in [0.2, 0.25) is 0 Å². The Labute approximate surface area is 186 Å². The first-order chi connectivity index (χ1) is 15.3. The summed E-state index contributed by atoms with van der Waals surface area (Å²) in [6.07, 6.45) is 1.90. The number of hydrogen-bond donors (Lipinski definition) is 3. The van der Waals surface area contributed by atoms with Crippen LogP contribution in [0.15, 0.2) is 55.1 Å². The van der Waals surface area contributed by atoms with Crippen LogP contribution in [0.1, 0.15) is 40.4 Å². The Morgan fingerprint density at radius 2 is 1.59 bits per heavy atom. The zero-order chi connectivity index (χ0) is 23.3. The molecule has 7 heteroatoms. The maximum absolute atomic E-state index is 12.7. The molecule has 0 spiro atoms. The summed E-state index contributed by atoms with van der Waals surface area (Å²) in [5, 5.41) is 7.17. The van der Waals surface area contributed by atoms with Crippen LogP contribution in [-0.4, -0.2) is 17.9 Å². The molecule has 0 aliphatic rings. The Bertz CT molecular complexity index is 1190. The number of urea groups is 1. The monoisotopic (exact) mass is 431 g/mol. The van der Waals surface area contributed by atoms with Gasteiger partial charge >= 0.3 is 12.0 Å². The fourth-order valence-electron chi connectivity index (χ4n) is 3.42. The highest BCUT2D eigenvalue weighted by atomic mass is 16.7. The standard InChI is InChI=1S/C25H25N3O4/c1-5-20-15(3)11-19(12-16(20)4)26-25(31)27-22-14-18-10-8-7-9-17(18)13-21(22)24(30)28-32-23(29)6-2/h5,7-14H,1,6H2,2-4H3,(H,28,30)(H2,26,27,31). The maximum atomic E-state index is 12.7. The number of benzene rings is 3. The molecular formula is C25H25N3O4. The Kier molecular flexibility index (Phi) is 6.90. The number of nitrogens with one attached hydrogen (secondary N) is 3. The Morgan fingerprint density at radius 1 is 0.969 bits per heavy atom. The molecule has 3 N–H and O–H groups in total. The number of carbonyl (C=O) groups excluding carboxylic acids is 3. The van der Waals surface area contributed by atoms with Crippen molar-refractivity contribution in [2.75, 3.05) is 10.6 Å². The molecule has 0 radical (unpaired) electrons. The topological polar surface area (TPSA) is 96.5 Å². The van der Waals surface area contributed by atoms with E-state index in [0.717, 1.165) is 27.5 Å². The van der Waals surface area contributed by atoms with Gasteiger partial charge in [-0.15, -0.1) is 0 Å².